The molecule has 22 heavy (non-hydrogen) atoms. The molecule has 2 aromatic rings. The zero-order chi connectivity index (χ0) is 15.9. The number of aromatic amines is 1. The number of carbonyl (C=O) groups is 1. The minimum Gasteiger partial charge on any atom is -0.489 e. The number of carboxylic acids is 1. The van der Waals surface area contributed by atoms with Crippen molar-refractivity contribution in [1.82, 2.24) is 10.2 Å². The maximum Gasteiger partial charge on any atom is 0.353 e. The molecule has 1 aliphatic rings. The molecule has 0 saturated carbocycles. The number of aromatic nitrogens is 2. The zero-order valence-electron chi connectivity index (χ0n) is 12.1. The largest absolute Gasteiger partial charge is 0.489 e. The van der Waals surface area contributed by atoms with Gasteiger partial charge in [-0.25, -0.2) is 4.79 Å². The molecular formula is C15H15BrN2O4. The summed E-state index contributed by atoms with van der Waals surface area (Å²) in [6, 6.07) is 5.13. The average molecular weight is 367 g/mol. The van der Waals surface area contributed by atoms with Crippen molar-refractivity contribution in [3.8, 4) is 22.8 Å². The van der Waals surface area contributed by atoms with Crippen LogP contribution >= 0.6 is 15.9 Å². The van der Waals surface area contributed by atoms with Crippen molar-refractivity contribution in [1.29, 1.82) is 0 Å². The van der Waals surface area contributed by atoms with E-state index < -0.39 is 5.97 Å². The summed E-state index contributed by atoms with van der Waals surface area (Å²) < 4.78 is 12.4. The third kappa shape index (κ3) is 2.81. The third-order valence-electron chi connectivity index (χ3n) is 3.34. The van der Waals surface area contributed by atoms with E-state index in [0.717, 1.165) is 10.0 Å². The molecule has 116 valence electrons. The summed E-state index contributed by atoms with van der Waals surface area (Å²) in [4.78, 5) is 10.9. The molecule has 0 radical (unpaired) electrons. The highest BCUT2D eigenvalue weighted by molar-refractivity contribution is 9.10. The summed E-state index contributed by atoms with van der Waals surface area (Å²) in [5, 5.41) is 15.5. The number of benzene rings is 1. The SMILES string of the molecule is CC1(C)COc2cc(-c3cc(C(=O)O)[nH]n3)cc(Br)c2OC1. The molecule has 1 aliphatic heterocycles. The molecule has 0 fully saturated rings. The number of nitrogens with zero attached hydrogens (tertiary/aromatic N) is 1. The molecule has 1 aromatic carbocycles. The Labute approximate surface area is 135 Å². The Morgan fingerprint density at radius 1 is 1.32 bits per heavy atom. The van der Waals surface area contributed by atoms with E-state index in [1.54, 1.807) is 0 Å². The molecule has 0 unspecified atom stereocenters. The van der Waals surface area contributed by atoms with Gasteiger partial charge in [0, 0.05) is 11.0 Å². The number of hydrogen-bond acceptors (Lipinski definition) is 4. The number of rotatable bonds is 2. The van der Waals surface area contributed by atoms with Gasteiger partial charge in [-0.15, -0.1) is 0 Å². The van der Waals surface area contributed by atoms with Crippen LogP contribution in [0.25, 0.3) is 11.3 Å². The molecule has 3 rings (SSSR count). The second-order valence-corrected chi connectivity index (χ2v) is 6.85. The number of halogens is 1. The van der Waals surface area contributed by atoms with Crippen LogP contribution in [0.1, 0.15) is 24.3 Å². The zero-order valence-corrected chi connectivity index (χ0v) is 13.7. The molecular weight excluding hydrogens is 352 g/mol. The van der Waals surface area contributed by atoms with Gasteiger partial charge >= 0.3 is 5.97 Å². The number of nitrogens with one attached hydrogen (secondary N) is 1. The Kier molecular flexibility index (Phi) is 3.60. The monoisotopic (exact) mass is 366 g/mol. The third-order valence-corrected chi connectivity index (χ3v) is 3.93. The van der Waals surface area contributed by atoms with E-state index in [1.807, 2.05) is 12.1 Å². The summed E-state index contributed by atoms with van der Waals surface area (Å²) in [6.45, 7) is 5.24. The van der Waals surface area contributed by atoms with Gasteiger partial charge in [-0.2, -0.15) is 5.10 Å². The predicted octanol–water partition coefficient (Wildman–Crippen LogP) is 3.33. The van der Waals surface area contributed by atoms with Gasteiger partial charge in [0.25, 0.3) is 0 Å². The number of aromatic carboxylic acids is 1. The first-order valence-electron chi connectivity index (χ1n) is 6.74. The van der Waals surface area contributed by atoms with Crippen molar-refractivity contribution in [2.45, 2.75) is 13.8 Å². The van der Waals surface area contributed by atoms with E-state index in [9.17, 15) is 4.79 Å². The first kappa shape index (κ1) is 14.9. The van der Waals surface area contributed by atoms with Gasteiger partial charge in [0.1, 0.15) is 5.69 Å². The first-order valence-corrected chi connectivity index (χ1v) is 7.53. The quantitative estimate of drug-likeness (QED) is 0.851. The lowest BCUT2D eigenvalue weighted by Gasteiger charge is -2.19. The highest BCUT2D eigenvalue weighted by atomic mass is 79.9. The van der Waals surface area contributed by atoms with Crippen LogP contribution in [0, 0.1) is 5.41 Å². The number of ether oxygens (including phenoxy) is 2. The lowest BCUT2D eigenvalue weighted by atomic mass is 9.97. The molecule has 0 aliphatic carbocycles. The van der Waals surface area contributed by atoms with E-state index in [0.29, 0.717) is 30.4 Å². The maximum absolute atomic E-state index is 10.9. The Balaban J connectivity index is 2.00. The molecule has 0 atom stereocenters. The molecule has 1 aromatic heterocycles. The van der Waals surface area contributed by atoms with E-state index in [2.05, 4.69) is 40.0 Å². The molecule has 7 heteroatoms. The van der Waals surface area contributed by atoms with Gasteiger partial charge in [0.2, 0.25) is 0 Å². The van der Waals surface area contributed by atoms with Crippen molar-refractivity contribution >= 4 is 21.9 Å². The van der Waals surface area contributed by atoms with E-state index in [-0.39, 0.29) is 11.1 Å². The van der Waals surface area contributed by atoms with Crippen LogP contribution in [0.4, 0.5) is 0 Å². The molecule has 0 saturated heterocycles. The van der Waals surface area contributed by atoms with Crippen molar-refractivity contribution in [3.63, 3.8) is 0 Å². The molecule has 0 bridgehead atoms. The lowest BCUT2D eigenvalue weighted by molar-refractivity contribution is 0.0690. The van der Waals surface area contributed by atoms with Crippen LogP contribution in [-0.4, -0.2) is 34.5 Å². The average Bonchev–Trinajstić information content (AvgIpc) is 2.88. The van der Waals surface area contributed by atoms with Crippen LogP contribution in [-0.2, 0) is 0 Å². The van der Waals surface area contributed by atoms with E-state index >= 15 is 0 Å². The summed E-state index contributed by atoms with van der Waals surface area (Å²) in [6.07, 6.45) is 0. The summed E-state index contributed by atoms with van der Waals surface area (Å²) in [5.74, 6) is 0.229. The molecule has 2 heterocycles. The van der Waals surface area contributed by atoms with Gasteiger partial charge in [-0.1, -0.05) is 13.8 Å². The highest BCUT2D eigenvalue weighted by Crippen LogP contribution is 2.42. The Morgan fingerprint density at radius 3 is 2.73 bits per heavy atom. The minimum atomic E-state index is -1.05. The lowest BCUT2D eigenvalue weighted by Crippen LogP contribution is -2.26. The van der Waals surface area contributed by atoms with Crippen molar-refractivity contribution < 1.29 is 19.4 Å². The van der Waals surface area contributed by atoms with Crippen LogP contribution in [0.15, 0.2) is 22.7 Å². The van der Waals surface area contributed by atoms with Crippen LogP contribution in [0.5, 0.6) is 11.5 Å². The summed E-state index contributed by atoms with van der Waals surface area (Å²) in [7, 11) is 0. The minimum absolute atomic E-state index is 0.0411. The molecule has 0 amide bonds. The molecule has 2 N–H and O–H groups in total. The summed E-state index contributed by atoms with van der Waals surface area (Å²) in [5.41, 5.74) is 1.24. The number of carboxylic acid groups (broad SMARTS) is 1. The van der Waals surface area contributed by atoms with Crippen molar-refractivity contribution in [2.24, 2.45) is 5.41 Å². The fourth-order valence-corrected chi connectivity index (χ4v) is 2.68. The van der Waals surface area contributed by atoms with E-state index in [1.165, 1.54) is 6.07 Å². The van der Waals surface area contributed by atoms with Crippen LogP contribution in [0.3, 0.4) is 0 Å². The van der Waals surface area contributed by atoms with Gasteiger partial charge in [-0.3, -0.25) is 5.10 Å². The normalized spacial score (nSPS) is 16.1. The van der Waals surface area contributed by atoms with Gasteiger partial charge in [-0.05, 0) is 34.1 Å². The van der Waals surface area contributed by atoms with Crippen molar-refractivity contribution in [3.05, 3.63) is 28.4 Å². The van der Waals surface area contributed by atoms with Gasteiger partial charge in [0.15, 0.2) is 11.5 Å². The predicted molar refractivity (Wildman–Crippen MR) is 83.5 cm³/mol. The second kappa shape index (κ2) is 5.31. The van der Waals surface area contributed by atoms with Crippen LogP contribution in [0.2, 0.25) is 0 Å². The number of fused-ring (bicyclic) bond motifs is 1. The maximum atomic E-state index is 10.9. The summed E-state index contributed by atoms with van der Waals surface area (Å²) >= 11 is 3.48. The second-order valence-electron chi connectivity index (χ2n) is 6.00. The Morgan fingerprint density at radius 2 is 2.05 bits per heavy atom. The van der Waals surface area contributed by atoms with Gasteiger partial charge in [0.05, 0.1) is 23.4 Å². The Hall–Kier alpha value is -2.02. The molecule has 6 nitrogen and oxygen atoms in total. The highest BCUT2D eigenvalue weighted by Gasteiger charge is 2.27. The Bertz CT molecular complexity index is 739. The fourth-order valence-electron chi connectivity index (χ4n) is 2.12. The standard InChI is InChI=1S/C15H15BrN2O4/c1-15(2)6-21-12-4-8(3-9(16)13(12)22-7-15)10-5-11(14(19)20)18-17-10/h3-5H,6-7H2,1-2H3,(H,17,18)(H,19,20). The topological polar surface area (TPSA) is 84.4 Å². The van der Waals surface area contributed by atoms with E-state index in [4.69, 9.17) is 14.6 Å². The number of H-pyrrole nitrogens is 1. The molecule has 0 spiro atoms. The van der Waals surface area contributed by atoms with Gasteiger partial charge < -0.3 is 14.6 Å². The smallest absolute Gasteiger partial charge is 0.353 e. The first-order chi connectivity index (χ1) is 10.4. The fraction of sp³-hybridized carbons (Fsp3) is 0.333. The van der Waals surface area contributed by atoms with Crippen LogP contribution < -0.4 is 9.47 Å². The number of hydrogen-bond donors (Lipinski definition) is 2. The van der Waals surface area contributed by atoms with Crippen molar-refractivity contribution in [2.75, 3.05) is 13.2 Å².